The fraction of sp³-hybridized carbons (Fsp3) is 0.174. The standard InChI is InChI=1S/2C23H21S.Fe/c2*1-23(2,3)24-22-16-12-19(13-17-22)9-8-18-10-14-21(15-11-18)20-6-4-5-7-20;/h2*4-7,10-17H,1-3H3;/q;;+2. The van der Waals surface area contributed by atoms with E-state index >= 15 is 0 Å². The molecule has 0 N–H and O–H groups in total. The van der Waals surface area contributed by atoms with Gasteiger partial charge in [-0.1, -0.05) is 89.5 Å². The molecule has 0 saturated heterocycles. The Labute approximate surface area is 316 Å². The molecule has 3 heteroatoms. The summed E-state index contributed by atoms with van der Waals surface area (Å²) in [5.74, 6) is 15.5. The summed E-state index contributed by atoms with van der Waals surface area (Å²) in [5, 5.41) is 0. The Morgan fingerprint density at radius 3 is 0.857 bits per heavy atom. The van der Waals surface area contributed by atoms with Gasteiger partial charge in [0.2, 0.25) is 0 Å². The predicted octanol–water partition coefficient (Wildman–Crippen LogP) is 11.5. The molecule has 0 spiro atoms. The molecular weight excluding hydrogens is 672 g/mol. The van der Waals surface area contributed by atoms with E-state index in [9.17, 15) is 0 Å². The quantitative estimate of drug-likeness (QED) is 0.117. The molecule has 49 heavy (non-hydrogen) atoms. The van der Waals surface area contributed by atoms with Crippen LogP contribution in [0.1, 0.15) is 74.9 Å². The molecule has 2 aliphatic carbocycles. The van der Waals surface area contributed by atoms with Crippen LogP contribution in [-0.2, 0) is 17.1 Å². The normalized spacial score (nSPS) is 14.8. The van der Waals surface area contributed by atoms with E-state index in [-0.39, 0.29) is 26.6 Å². The molecule has 0 aromatic heterocycles. The zero-order valence-electron chi connectivity index (χ0n) is 29.0. The Morgan fingerprint density at radius 1 is 0.367 bits per heavy atom. The molecule has 0 nitrogen and oxygen atoms in total. The van der Waals surface area contributed by atoms with Crippen LogP contribution in [0, 0.1) is 86.9 Å². The Morgan fingerprint density at radius 2 is 0.612 bits per heavy atom. The number of rotatable bonds is 4. The van der Waals surface area contributed by atoms with E-state index in [0.29, 0.717) is 0 Å². The van der Waals surface area contributed by atoms with Crippen molar-refractivity contribution in [2.45, 2.75) is 60.8 Å². The molecule has 0 bridgehead atoms. The van der Waals surface area contributed by atoms with E-state index in [1.807, 2.05) is 23.5 Å². The van der Waals surface area contributed by atoms with Gasteiger partial charge in [0.1, 0.15) is 0 Å². The van der Waals surface area contributed by atoms with Crippen LogP contribution >= 0.6 is 23.5 Å². The molecule has 0 heterocycles. The van der Waals surface area contributed by atoms with Crippen LogP contribution in [-0.4, -0.2) is 9.49 Å². The van der Waals surface area contributed by atoms with Gasteiger partial charge in [0.15, 0.2) is 0 Å². The van der Waals surface area contributed by atoms with Crippen molar-refractivity contribution in [1.29, 1.82) is 0 Å². The fourth-order valence-electron chi connectivity index (χ4n) is 4.83. The van der Waals surface area contributed by atoms with E-state index in [1.165, 1.54) is 32.8 Å². The first-order valence-corrected chi connectivity index (χ1v) is 17.9. The summed E-state index contributed by atoms with van der Waals surface area (Å²) >= 11 is 3.75. The van der Waals surface area contributed by atoms with Gasteiger partial charge >= 0.3 is 17.1 Å². The Balaban J connectivity index is 0.000000216. The van der Waals surface area contributed by atoms with Crippen molar-refractivity contribution in [2.24, 2.45) is 0 Å². The van der Waals surface area contributed by atoms with Gasteiger partial charge in [-0.05, 0) is 135 Å². The van der Waals surface area contributed by atoms with E-state index in [0.717, 1.165) is 22.3 Å². The first-order chi connectivity index (χ1) is 23.0. The van der Waals surface area contributed by atoms with Gasteiger partial charge in [-0.25, -0.2) is 0 Å². The number of benzene rings is 4. The van der Waals surface area contributed by atoms with E-state index in [1.54, 1.807) is 0 Å². The third kappa shape index (κ3) is 13.5. The van der Waals surface area contributed by atoms with Crippen molar-refractivity contribution in [2.75, 3.05) is 0 Å². The molecule has 4 aromatic carbocycles. The maximum Gasteiger partial charge on any atom is 2.00 e. The van der Waals surface area contributed by atoms with Crippen molar-refractivity contribution in [3.05, 3.63) is 194 Å². The van der Waals surface area contributed by atoms with Crippen molar-refractivity contribution in [3.63, 3.8) is 0 Å². The summed E-state index contributed by atoms with van der Waals surface area (Å²) < 4.78 is 0.466. The van der Waals surface area contributed by atoms with Gasteiger partial charge in [0, 0.05) is 53.4 Å². The van der Waals surface area contributed by atoms with E-state index in [4.69, 9.17) is 0 Å². The minimum atomic E-state index is 0. The third-order valence-electron chi connectivity index (χ3n) is 7.02. The second kappa shape index (κ2) is 18.5. The zero-order chi connectivity index (χ0) is 34.0. The maximum atomic E-state index is 3.25. The Hall–Kier alpha value is -2.78. The van der Waals surface area contributed by atoms with Gasteiger partial charge in [0.25, 0.3) is 0 Å². The van der Waals surface area contributed by atoms with Gasteiger partial charge in [-0.3, -0.25) is 0 Å². The first kappa shape index (κ1) is 39.0. The summed E-state index contributed by atoms with van der Waals surface area (Å²) in [4.78, 5) is 2.57. The summed E-state index contributed by atoms with van der Waals surface area (Å²) in [5.41, 5.74) is 6.64. The van der Waals surface area contributed by atoms with Crippen LogP contribution in [0.25, 0.3) is 0 Å². The molecule has 0 amide bonds. The molecule has 0 unspecified atom stereocenters. The van der Waals surface area contributed by atoms with Crippen molar-refractivity contribution >= 4 is 23.5 Å². The number of hydrogen-bond donors (Lipinski definition) is 0. The largest absolute Gasteiger partial charge is 2.00 e. The average molecular weight is 715 g/mol. The van der Waals surface area contributed by atoms with Crippen molar-refractivity contribution in [3.8, 4) is 23.7 Å². The smallest absolute Gasteiger partial charge is 0.120 e. The SMILES string of the molecule is CC(C)(C)Sc1ccc(C#Cc2ccc([C]3[CH][CH][CH][CH]3)cc2)cc1.CC(C)(C)Sc1ccc(C#Cc2ccc([C]3[CH][CH][CH][CH]3)cc2)cc1.[Fe+2]. The maximum absolute atomic E-state index is 3.25. The molecule has 10 radical (unpaired) electrons. The van der Waals surface area contributed by atoms with Gasteiger partial charge in [0.05, 0.1) is 0 Å². The Bertz CT molecular complexity index is 1570. The minimum Gasteiger partial charge on any atom is -0.120 e. The average Bonchev–Trinajstić information content (AvgIpc) is 3.80. The molecule has 2 fully saturated rings. The topological polar surface area (TPSA) is 0 Å². The third-order valence-corrected chi connectivity index (χ3v) is 9.26. The van der Waals surface area contributed by atoms with Gasteiger partial charge < -0.3 is 0 Å². The summed E-state index contributed by atoms with van der Waals surface area (Å²) in [6.07, 6.45) is 16.7. The van der Waals surface area contributed by atoms with Crippen LogP contribution < -0.4 is 0 Å². The van der Waals surface area contributed by atoms with E-state index < -0.39 is 0 Å². The number of thioether (sulfide) groups is 2. The van der Waals surface area contributed by atoms with Crippen LogP contribution in [0.2, 0.25) is 0 Å². The number of hydrogen-bond acceptors (Lipinski definition) is 2. The summed E-state index contributed by atoms with van der Waals surface area (Å²) in [6, 6.07) is 33.8. The second-order valence-corrected chi connectivity index (χ2v) is 17.3. The molecule has 4 aromatic rings. The first-order valence-electron chi connectivity index (χ1n) is 16.3. The molecular formula is C46H42FeS2+2. The Kier molecular flexibility index (Phi) is 14.7. The second-order valence-electron chi connectivity index (χ2n) is 13.5. The minimum absolute atomic E-state index is 0. The van der Waals surface area contributed by atoms with Gasteiger partial charge in [-0.15, -0.1) is 23.5 Å². The monoisotopic (exact) mass is 714 g/mol. The van der Waals surface area contributed by atoms with E-state index in [2.05, 4.69) is 214 Å². The summed E-state index contributed by atoms with van der Waals surface area (Å²) in [6.45, 7) is 13.4. The predicted molar refractivity (Wildman–Crippen MR) is 208 cm³/mol. The zero-order valence-corrected chi connectivity index (χ0v) is 31.8. The molecule has 6 rings (SSSR count). The molecule has 2 aliphatic rings. The fourth-order valence-corrected chi connectivity index (χ4v) is 6.79. The van der Waals surface area contributed by atoms with Crippen molar-refractivity contribution in [1.82, 2.24) is 0 Å². The summed E-state index contributed by atoms with van der Waals surface area (Å²) in [7, 11) is 0. The molecule has 2 saturated carbocycles. The van der Waals surface area contributed by atoms with Crippen LogP contribution in [0.5, 0.6) is 0 Å². The molecule has 0 aliphatic heterocycles. The molecule has 244 valence electrons. The van der Waals surface area contributed by atoms with Crippen LogP contribution in [0.3, 0.4) is 0 Å². The molecule has 0 atom stereocenters. The van der Waals surface area contributed by atoms with Crippen molar-refractivity contribution < 1.29 is 17.1 Å². The van der Waals surface area contributed by atoms with Gasteiger partial charge in [-0.2, -0.15) is 0 Å². The van der Waals surface area contributed by atoms with Crippen LogP contribution in [0.4, 0.5) is 0 Å². The van der Waals surface area contributed by atoms with Crippen LogP contribution in [0.15, 0.2) is 107 Å².